The van der Waals surface area contributed by atoms with Crippen LogP contribution in [0.5, 0.6) is 0 Å². The van der Waals surface area contributed by atoms with Gasteiger partial charge in [-0.25, -0.2) is 9.97 Å². The zero-order valence-electron chi connectivity index (χ0n) is 11.0. The van der Waals surface area contributed by atoms with Crippen LogP contribution in [0.25, 0.3) is 0 Å². The van der Waals surface area contributed by atoms with Crippen molar-refractivity contribution in [2.45, 2.75) is 12.8 Å². The molecule has 0 amide bonds. The van der Waals surface area contributed by atoms with Gasteiger partial charge in [-0.05, 0) is 32.4 Å². The lowest BCUT2D eigenvalue weighted by molar-refractivity contribution is 0.213. The summed E-state index contributed by atoms with van der Waals surface area (Å²) in [4.78, 5) is 12.7. The van der Waals surface area contributed by atoms with Gasteiger partial charge in [-0.2, -0.15) is 5.26 Å². The molecule has 1 fully saturated rings. The average Bonchev–Trinajstić information content (AvgIpc) is 2.38. The molecule has 5 nitrogen and oxygen atoms in total. The molecule has 1 aliphatic heterocycles. The minimum absolute atomic E-state index is 0.407. The molecule has 2 rings (SSSR count). The third-order valence-corrected chi connectivity index (χ3v) is 3.40. The van der Waals surface area contributed by atoms with Crippen LogP contribution in [0.15, 0.2) is 12.4 Å². The van der Waals surface area contributed by atoms with Gasteiger partial charge in [0.15, 0.2) is 11.5 Å². The lowest BCUT2D eigenvalue weighted by Gasteiger charge is -2.32. The van der Waals surface area contributed by atoms with Crippen molar-refractivity contribution in [3.05, 3.63) is 18.1 Å². The van der Waals surface area contributed by atoms with Gasteiger partial charge >= 0.3 is 0 Å². The lowest BCUT2D eigenvalue weighted by Crippen LogP contribution is -2.38. The maximum absolute atomic E-state index is 9.03. The van der Waals surface area contributed by atoms with Gasteiger partial charge in [0.25, 0.3) is 0 Å². The number of hydrogen-bond acceptors (Lipinski definition) is 5. The first-order valence-corrected chi connectivity index (χ1v) is 6.31. The van der Waals surface area contributed by atoms with E-state index in [1.807, 2.05) is 7.05 Å². The Kier molecular flexibility index (Phi) is 4.11. The SMILES string of the molecule is CN1CCCC(CN(C)c2nccnc2C#N)C1. The van der Waals surface area contributed by atoms with Crippen molar-refractivity contribution in [2.24, 2.45) is 5.92 Å². The molecule has 0 aromatic carbocycles. The van der Waals surface area contributed by atoms with Gasteiger partial charge in [0, 0.05) is 32.5 Å². The van der Waals surface area contributed by atoms with Crippen LogP contribution in [0.1, 0.15) is 18.5 Å². The highest BCUT2D eigenvalue weighted by molar-refractivity contribution is 5.48. The van der Waals surface area contributed by atoms with Crippen molar-refractivity contribution < 1.29 is 0 Å². The van der Waals surface area contributed by atoms with E-state index in [1.54, 1.807) is 12.4 Å². The van der Waals surface area contributed by atoms with E-state index in [-0.39, 0.29) is 0 Å². The maximum Gasteiger partial charge on any atom is 0.183 e. The normalized spacial score (nSPS) is 20.4. The third kappa shape index (κ3) is 2.96. The van der Waals surface area contributed by atoms with Crippen LogP contribution in [-0.2, 0) is 0 Å². The predicted molar refractivity (Wildman–Crippen MR) is 70.2 cm³/mol. The summed E-state index contributed by atoms with van der Waals surface area (Å²) in [6.07, 6.45) is 5.70. The van der Waals surface area contributed by atoms with E-state index >= 15 is 0 Å². The lowest BCUT2D eigenvalue weighted by atomic mass is 9.98. The predicted octanol–water partition coefficient (Wildman–Crippen LogP) is 1.13. The molecule has 0 radical (unpaired) electrons. The van der Waals surface area contributed by atoms with Crippen LogP contribution in [0.3, 0.4) is 0 Å². The zero-order chi connectivity index (χ0) is 13.0. The number of nitriles is 1. The van der Waals surface area contributed by atoms with E-state index < -0.39 is 0 Å². The minimum atomic E-state index is 0.407. The highest BCUT2D eigenvalue weighted by atomic mass is 15.2. The second-order valence-electron chi connectivity index (χ2n) is 4.99. The first-order valence-electron chi connectivity index (χ1n) is 6.31. The Morgan fingerprint density at radius 2 is 2.28 bits per heavy atom. The number of hydrogen-bond donors (Lipinski definition) is 0. The van der Waals surface area contributed by atoms with Gasteiger partial charge in [0.1, 0.15) is 6.07 Å². The molecule has 1 aromatic heterocycles. The molecule has 1 unspecified atom stereocenters. The highest BCUT2D eigenvalue weighted by Crippen LogP contribution is 2.19. The molecule has 18 heavy (non-hydrogen) atoms. The average molecular weight is 245 g/mol. The van der Waals surface area contributed by atoms with Gasteiger partial charge in [0.2, 0.25) is 0 Å². The Balaban J connectivity index is 2.03. The summed E-state index contributed by atoms with van der Waals surface area (Å²) in [5.74, 6) is 1.33. The number of anilines is 1. The Morgan fingerprint density at radius 1 is 1.50 bits per heavy atom. The molecule has 1 aliphatic rings. The molecule has 0 aliphatic carbocycles. The molecule has 96 valence electrons. The summed E-state index contributed by atoms with van der Waals surface area (Å²) >= 11 is 0. The largest absolute Gasteiger partial charge is 0.357 e. The standard InChI is InChI=1S/C13H19N5/c1-17-7-3-4-11(9-17)10-18(2)13-12(8-14)15-5-6-16-13/h5-6,11H,3-4,7,9-10H2,1-2H3. The number of piperidine rings is 1. The van der Waals surface area contributed by atoms with E-state index in [1.165, 1.54) is 19.4 Å². The fourth-order valence-electron chi connectivity index (χ4n) is 2.58. The van der Waals surface area contributed by atoms with Crippen LogP contribution in [0.4, 0.5) is 5.82 Å². The Hall–Kier alpha value is -1.67. The third-order valence-electron chi connectivity index (χ3n) is 3.40. The Labute approximate surface area is 108 Å². The molecule has 1 aromatic rings. The topological polar surface area (TPSA) is 56.1 Å². The van der Waals surface area contributed by atoms with Gasteiger partial charge in [-0.15, -0.1) is 0 Å². The number of likely N-dealkylation sites (tertiary alicyclic amines) is 1. The summed E-state index contributed by atoms with van der Waals surface area (Å²) in [5, 5.41) is 9.03. The molecule has 5 heteroatoms. The molecule has 0 N–H and O–H groups in total. The summed E-state index contributed by atoms with van der Waals surface area (Å²) in [6.45, 7) is 3.24. The quantitative estimate of drug-likeness (QED) is 0.799. The van der Waals surface area contributed by atoms with Crippen LogP contribution in [0.2, 0.25) is 0 Å². The van der Waals surface area contributed by atoms with Crippen molar-refractivity contribution in [3.8, 4) is 6.07 Å². The van der Waals surface area contributed by atoms with Crippen molar-refractivity contribution >= 4 is 5.82 Å². The second-order valence-corrected chi connectivity index (χ2v) is 4.99. The van der Waals surface area contributed by atoms with Crippen molar-refractivity contribution in [1.29, 1.82) is 5.26 Å². The van der Waals surface area contributed by atoms with Gasteiger partial charge in [0.05, 0.1) is 0 Å². The van der Waals surface area contributed by atoms with Crippen LogP contribution in [-0.4, -0.2) is 48.6 Å². The first kappa shape index (κ1) is 12.8. The first-order chi connectivity index (χ1) is 8.70. The highest BCUT2D eigenvalue weighted by Gasteiger charge is 2.20. The molecule has 1 atom stereocenters. The van der Waals surface area contributed by atoms with Crippen molar-refractivity contribution in [1.82, 2.24) is 14.9 Å². The van der Waals surface area contributed by atoms with E-state index in [2.05, 4.69) is 32.9 Å². The molecular formula is C13H19N5. The summed E-state index contributed by atoms with van der Waals surface area (Å²) in [6, 6.07) is 2.10. The van der Waals surface area contributed by atoms with E-state index in [4.69, 9.17) is 5.26 Å². The van der Waals surface area contributed by atoms with Crippen LogP contribution < -0.4 is 4.90 Å². The summed E-state index contributed by atoms with van der Waals surface area (Å²) < 4.78 is 0. The molecule has 0 bridgehead atoms. The van der Waals surface area contributed by atoms with Crippen molar-refractivity contribution in [3.63, 3.8) is 0 Å². The Bertz CT molecular complexity index is 439. The van der Waals surface area contributed by atoms with Gasteiger partial charge < -0.3 is 9.80 Å². The zero-order valence-corrected chi connectivity index (χ0v) is 11.0. The fourth-order valence-corrected chi connectivity index (χ4v) is 2.58. The van der Waals surface area contributed by atoms with Gasteiger partial charge in [-0.3, -0.25) is 0 Å². The molecule has 2 heterocycles. The fraction of sp³-hybridized carbons (Fsp3) is 0.615. The van der Waals surface area contributed by atoms with Crippen LogP contribution >= 0.6 is 0 Å². The van der Waals surface area contributed by atoms with Crippen molar-refractivity contribution in [2.75, 3.05) is 38.6 Å². The monoisotopic (exact) mass is 245 g/mol. The number of rotatable bonds is 3. The second kappa shape index (κ2) is 5.78. The van der Waals surface area contributed by atoms with E-state index in [0.717, 1.165) is 13.1 Å². The number of aromatic nitrogens is 2. The van der Waals surface area contributed by atoms with E-state index in [0.29, 0.717) is 17.4 Å². The smallest absolute Gasteiger partial charge is 0.183 e. The molecule has 0 saturated carbocycles. The molecular weight excluding hydrogens is 226 g/mol. The van der Waals surface area contributed by atoms with Gasteiger partial charge in [-0.1, -0.05) is 0 Å². The summed E-state index contributed by atoms with van der Waals surface area (Å²) in [7, 11) is 4.15. The molecule has 0 spiro atoms. The number of nitrogens with zero attached hydrogens (tertiary/aromatic N) is 5. The molecule has 1 saturated heterocycles. The summed E-state index contributed by atoms with van der Waals surface area (Å²) in [5.41, 5.74) is 0.407. The Morgan fingerprint density at radius 3 is 3.00 bits per heavy atom. The van der Waals surface area contributed by atoms with E-state index in [9.17, 15) is 0 Å². The maximum atomic E-state index is 9.03. The minimum Gasteiger partial charge on any atom is -0.357 e. The van der Waals surface area contributed by atoms with Crippen LogP contribution in [0, 0.1) is 17.2 Å².